The number of thiophene rings is 1. The molecular weight excluding hydrogens is 564 g/mol. The summed E-state index contributed by atoms with van der Waals surface area (Å²) in [5.41, 5.74) is 3.42. The van der Waals surface area contributed by atoms with Gasteiger partial charge < -0.3 is 25.5 Å². The highest BCUT2D eigenvalue weighted by Crippen LogP contribution is 2.32. The Labute approximate surface area is 255 Å². The Balaban J connectivity index is 1.36. The van der Waals surface area contributed by atoms with Crippen molar-refractivity contribution in [2.45, 2.75) is 51.5 Å². The zero-order valence-electron chi connectivity index (χ0n) is 24.4. The van der Waals surface area contributed by atoms with Gasteiger partial charge in [-0.2, -0.15) is 0 Å². The minimum atomic E-state index is -1.02. The Morgan fingerprint density at radius 2 is 1.67 bits per heavy atom. The molecule has 9 nitrogen and oxygen atoms in total. The van der Waals surface area contributed by atoms with Crippen LogP contribution in [0.5, 0.6) is 0 Å². The molecule has 2 aromatic carbocycles. The third-order valence-electron chi connectivity index (χ3n) is 8.30. The van der Waals surface area contributed by atoms with Gasteiger partial charge in [0.05, 0.1) is 28.7 Å². The summed E-state index contributed by atoms with van der Waals surface area (Å²) in [7, 11) is 0. The molecule has 1 unspecified atom stereocenters. The zero-order chi connectivity index (χ0) is 30.3. The van der Waals surface area contributed by atoms with E-state index in [0.29, 0.717) is 43.0 Å². The van der Waals surface area contributed by atoms with E-state index < -0.39 is 17.9 Å². The maximum atomic E-state index is 13.5. The van der Waals surface area contributed by atoms with Crippen LogP contribution in [0.25, 0.3) is 0 Å². The number of hydrogen-bond acceptors (Lipinski definition) is 6. The van der Waals surface area contributed by atoms with E-state index in [2.05, 4.69) is 15.5 Å². The minimum absolute atomic E-state index is 0.0250. The molecule has 3 amide bonds. The topological polar surface area (TPSA) is 119 Å². The molecule has 226 valence electrons. The molecule has 2 aliphatic rings. The number of carboxylic acid groups (broad SMARTS) is 1. The Bertz CT molecular complexity index is 1440. The summed E-state index contributed by atoms with van der Waals surface area (Å²) in [6.07, 6.45) is 4.62. The fraction of sp³-hybridized carbons (Fsp3) is 0.394. The predicted molar refractivity (Wildman–Crippen MR) is 168 cm³/mol. The molecule has 1 saturated heterocycles. The summed E-state index contributed by atoms with van der Waals surface area (Å²) in [4.78, 5) is 56.0. The summed E-state index contributed by atoms with van der Waals surface area (Å²) >= 11 is 1.43. The van der Waals surface area contributed by atoms with Crippen molar-refractivity contribution in [3.63, 3.8) is 0 Å². The van der Waals surface area contributed by atoms with Crippen LogP contribution >= 0.6 is 11.3 Å². The smallest absolute Gasteiger partial charge is 0.305 e. The van der Waals surface area contributed by atoms with Crippen LogP contribution in [-0.4, -0.2) is 59.9 Å². The van der Waals surface area contributed by atoms with Gasteiger partial charge in [0.1, 0.15) is 0 Å². The van der Waals surface area contributed by atoms with Crippen LogP contribution in [0.3, 0.4) is 0 Å². The highest BCUT2D eigenvalue weighted by molar-refractivity contribution is 7.12. The van der Waals surface area contributed by atoms with Gasteiger partial charge in [0.25, 0.3) is 11.8 Å². The van der Waals surface area contributed by atoms with Crippen LogP contribution in [0.15, 0.2) is 60.0 Å². The van der Waals surface area contributed by atoms with E-state index in [4.69, 9.17) is 0 Å². The molecule has 2 heterocycles. The van der Waals surface area contributed by atoms with E-state index in [1.807, 2.05) is 59.7 Å². The molecule has 1 aliphatic heterocycles. The highest BCUT2D eigenvalue weighted by Gasteiger charge is 2.27. The quantitative estimate of drug-likeness (QED) is 0.298. The van der Waals surface area contributed by atoms with Crippen LogP contribution in [0, 0.1) is 12.8 Å². The number of anilines is 2. The lowest BCUT2D eigenvalue weighted by molar-refractivity contribution is -0.137. The van der Waals surface area contributed by atoms with Crippen LogP contribution in [0.1, 0.15) is 75.7 Å². The summed E-state index contributed by atoms with van der Waals surface area (Å²) in [5.74, 6) is -1.53. The molecule has 10 heteroatoms. The standard InChI is InChI=1S/C33H38N4O5S/c1-22-9-11-23(12-10-22)26(21-30(38)39)34-32(41)25-13-14-28(27(20-25)35-31(40)24-6-3-2-4-7-24)36-15-17-37(18-16-36)33(42)29-8-5-19-43-29/h5,8-14,19-20,24,26H,2-4,6-7,15-18,21H2,1H3,(H,34,41)(H,35,40)(H,38,39). The number of aliphatic carboxylic acids is 1. The molecule has 0 radical (unpaired) electrons. The van der Waals surface area contributed by atoms with Gasteiger partial charge in [0.2, 0.25) is 5.91 Å². The van der Waals surface area contributed by atoms with Gasteiger partial charge in [-0.3, -0.25) is 19.2 Å². The number of piperazine rings is 1. The number of carboxylic acids is 1. The predicted octanol–water partition coefficient (Wildman–Crippen LogP) is 5.48. The van der Waals surface area contributed by atoms with E-state index in [1.165, 1.54) is 11.3 Å². The van der Waals surface area contributed by atoms with Crippen LogP contribution in [0.4, 0.5) is 11.4 Å². The molecule has 3 aromatic rings. The number of amides is 3. The van der Waals surface area contributed by atoms with Crippen molar-refractivity contribution in [2.24, 2.45) is 5.92 Å². The average Bonchev–Trinajstić information content (AvgIpc) is 3.56. The number of nitrogens with one attached hydrogen (secondary N) is 2. The fourth-order valence-electron chi connectivity index (χ4n) is 5.83. The van der Waals surface area contributed by atoms with Gasteiger partial charge in [-0.1, -0.05) is 55.2 Å². The van der Waals surface area contributed by atoms with Gasteiger partial charge in [0, 0.05) is 37.7 Å². The first-order valence-corrected chi connectivity index (χ1v) is 15.8. The third kappa shape index (κ3) is 7.62. The van der Waals surface area contributed by atoms with E-state index in [9.17, 15) is 24.3 Å². The summed E-state index contributed by atoms with van der Waals surface area (Å²) in [6.45, 7) is 4.21. The first-order valence-electron chi connectivity index (χ1n) is 14.9. The lowest BCUT2D eigenvalue weighted by Crippen LogP contribution is -2.48. The molecule has 3 N–H and O–H groups in total. The molecular formula is C33H38N4O5S. The van der Waals surface area contributed by atoms with Gasteiger partial charge in [-0.15, -0.1) is 11.3 Å². The highest BCUT2D eigenvalue weighted by atomic mass is 32.1. The molecule has 1 aliphatic carbocycles. The van der Waals surface area contributed by atoms with Crippen molar-refractivity contribution in [3.8, 4) is 0 Å². The molecule has 2 fully saturated rings. The second-order valence-corrected chi connectivity index (χ2v) is 12.3. The van der Waals surface area contributed by atoms with E-state index >= 15 is 0 Å². The molecule has 1 aromatic heterocycles. The monoisotopic (exact) mass is 602 g/mol. The number of benzene rings is 2. The summed E-state index contributed by atoms with van der Waals surface area (Å²) in [6, 6.07) is 15.6. The lowest BCUT2D eigenvalue weighted by atomic mass is 9.88. The minimum Gasteiger partial charge on any atom is -0.481 e. The molecule has 0 spiro atoms. The van der Waals surface area contributed by atoms with E-state index in [0.717, 1.165) is 48.2 Å². The molecule has 1 saturated carbocycles. The van der Waals surface area contributed by atoms with Gasteiger partial charge in [0.15, 0.2) is 0 Å². The van der Waals surface area contributed by atoms with Crippen molar-refractivity contribution < 1.29 is 24.3 Å². The lowest BCUT2D eigenvalue weighted by Gasteiger charge is -2.37. The summed E-state index contributed by atoms with van der Waals surface area (Å²) in [5, 5.41) is 17.4. The SMILES string of the molecule is Cc1ccc(C(CC(=O)O)NC(=O)c2ccc(N3CCN(C(=O)c4cccs4)CC3)c(NC(=O)C3CCCCC3)c2)cc1. The second-order valence-electron chi connectivity index (χ2n) is 11.3. The Morgan fingerprint density at radius 3 is 2.33 bits per heavy atom. The second kappa shape index (κ2) is 13.9. The number of carbonyl (C=O) groups is 4. The first kappa shape index (κ1) is 30.3. The largest absolute Gasteiger partial charge is 0.481 e. The number of hydrogen-bond donors (Lipinski definition) is 3. The first-order chi connectivity index (χ1) is 20.8. The van der Waals surface area contributed by atoms with Crippen LogP contribution < -0.4 is 15.5 Å². The van der Waals surface area contributed by atoms with Crippen molar-refractivity contribution >= 4 is 46.4 Å². The van der Waals surface area contributed by atoms with E-state index in [1.54, 1.807) is 12.1 Å². The Kier molecular flexibility index (Phi) is 9.76. The third-order valence-corrected chi connectivity index (χ3v) is 9.15. The molecule has 0 bridgehead atoms. The van der Waals surface area contributed by atoms with Gasteiger partial charge >= 0.3 is 5.97 Å². The van der Waals surface area contributed by atoms with Crippen LogP contribution in [0.2, 0.25) is 0 Å². The Morgan fingerprint density at radius 1 is 0.953 bits per heavy atom. The molecule has 1 atom stereocenters. The zero-order valence-corrected chi connectivity index (χ0v) is 25.2. The number of carbonyl (C=O) groups excluding carboxylic acids is 3. The summed E-state index contributed by atoms with van der Waals surface area (Å²) < 4.78 is 0. The maximum absolute atomic E-state index is 13.5. The van der Waals surface area contributed by atoms with Crippen molar-refractivity contribution in [1.82, 2.24) is 10.2 Å². The van der Waals surface area contributed by atoms with Gasteiger partial charge in [-0.05, 0) is 55.0 Å². The van der Waals surface area contributed by atoms with Gasteiger partial charge in [-0.25, -0.2) is 0 Å². The fourth-order valence-corrected chi connectivity index (χ4v) is 6.52. The van der Waals surface area contributed by atoms with E-state index in [-0.39, 0.29) is 24.2 Å². The maximum Gasteiger partial charge on any atom is 0.305 e. The Hall–Kier alpha value is -4.18. The average molecular weight is 603 g/mol. The van der Waals surface area contributed by atoms with Crippen molar-refractivity contribution in [2.75, 3.05) is 36.4 Å². The van der Waals surface area contributed by atoms with Crippen molar-refractivity contribution in [3.05, 3.63) is 81.5 Å². The number of nitrogens with zero attached hydrogens (tertiary/aromatic N) is 2. The molecule has 43 heavy (non-hydrogen) atoms. The molecule has 5 rings (SSSR count). The number of rotatable bonds is 9. The van der Waals surface area contributed by atoms with Crippen LogP contribution in [-0.2, 0) is 9.59 Å². The van der Waals surface area contributed by atoms with Crippen molar-refractivity contribution in [1.29, 1.82) is 0 Å². The number of aryl methyl sites for hydroxylation is 1. The normalized spacial score (nSPS) is 16.4.